The van der Waals surface area contributed by atoms with Crippen molar-refractivity contribution in [3.05, 3.63) is 94.5 Å². The number of hydrogen-bond acceptors (Lipinski definition) is 4. The van der Waals surface area contributed by atoms with Gasteiger partial charge in [-0.15, -0.1) is 0 Å². The Morgan fingerprint density at radius 3 is 2.59 bits per heavy atom. The molecule has 0 unspecified atom stereocenters. The fourth-order valence-corrected chi connectivity index (χ4v) is 3.62. The molecule has 0 saturated heterocycles. The van der Waals surface area contributed by atoms with E-state index >= 15 is 0 Å². The Hall–Kier alpha value is -3.51. The van der Waals surface area contributed by atoms with Crippen molar-refractivity contribution in [3.8, 4) is 5.75 Å². The Morgan fingerprint density at radius 1 is 1.09 bits per heavy atom. The van der Waals surface area contributed by atoms with E-state index in [1.54, 1.807) is 42.2 Å². The average molecular weight is 451 g/mol. The summed E-state index contributed by atoms with van der Waals surface area (Å²) in [6, 6.07) is 22.2. The van der Waals surface area contributed by atoms with Crippen molar-refractivity contribution in [1.82, 2.24) is 4.90 Å². The second-order valence-electron chi connectivity index (χ2n) is 7.59. The normalized spacial score (nSPS) is 15.4. The highest BCUT2D eigenvalue weighted by atomic mass is 35.5. The SMILES string of the molecule is C[C@H]1Oc2ccc(NC(=O)OCc3ccccc3)cc2CN(Cc2ccc(Cl)cc2)C1=O. The number of nitrogens with one attached hydrogen (secondary N) is 1. The summed E-state index contributed by atoms with van der Waals surface area (Å²) in [6.45, 7) is 2.71. The van der Waals surface area contributed by atoms with Gasteiger partial charge < -0.3 is 14.4 Å². The zero-order chi connectivity index (χ0) is 22.5. The van der Waals surface area contributed by atoms with Crippen molar-refractivity contribution < 1.29 is 19.1 Å². The molecule has 0 spiro atoms. The standard InChI is InChI=1S/C25H23ClN2O4/c1-17-24(29)28(14-18-7-9-21(26)10-8-18)15-20-13-22(11-12-23(20)32-17)27-25(30)31-16-19-5-3-2-4-6-19/h2-13,17H,14-16H2,1H3,(H,27,30)/t17-/m1/s1. The Labute approximate surface area is 191 Å². The third-order valence-corrected chi connectivity index (χ3v) is 5.38. The second kappa shape index (κ2) is 9.75. The summed E-state index contributed by atoms with van der Waals surface area (Å²) in [4.78, 5) is 26.8. The highest BCUT2D eigenvalue weighted by Crippen LogP contribution is 2.29. The molecular weight excluding hydrogens is 428 g/mol. The summed E-state index contributed by atoms with van der Waals surface area (Å²) in [6.07, 6.45) is -1.16. The van der Waals surface area contributed by atoms with Crippen molar-refractivity contribution in [3.63, 3.8) is 0 Å². The predicted octanol–water partition coefficient (Wildman–Crippen LogP) is 5.40. The van der Waals surface area contributed by atoms with Crippen LogP contribution in [0.2, 0.25) is 5.02 Å². The Balaban J connectivity index is 1.46. The number of fused-ring (bicyclic) bond motifs is 1. The Kier molecular flexibility index (Phi) is 6.61. The monoisotopic (exact) mass is 450 g/mol. The first-order valence-electron chi connectivity index (χ1n) is 10.3. The molecule has 164 valence electrons. The number of benzene rings is 3. The number of nitrogens with zero attached hydrogens (tertiary/aromatic N) is 1. The van der Waals surface area contributed by atoms with Crippen molar-refractivity contribution in [2.75, 3.05) is 5.32 Å². The summed E-state index contributed by atoms with van der Waals surface area (Å²) in [5.41, 5.74) is 3.25. The number of carbonyl (C=O) groups excluding carboxylic acids is 2. The number of amides is 2. The van der Waals surface area contributed by atoms with E-state index in [4.69, 9.17) is 21.1 Å². The minimum Gasteiger partial charge on any atom is -0.481 e. The summed E-state index contributed by atoms with van der Waals surface area (Å²) in [5, 5.41) is 3.39. The lowest BCUT2D eigenvalue weighted by Crippen LogP contribution is -2.37. The molecule has 4 rings (SSSR count). The lowest BCUT2D eigenvalue weighted by atomic mass is 10.1. The zero-order valence-electron chi connectivity index (χ0n) is 17.6. The molecule has 1 aliphatic rings. The van der Waals surface area contributed by atoms with E-state index in [9.17, 15) is 9.59 Å². The van der Waals surface area contributed by atoms with Crippen LogP contribution in [0.3, 0.4) is 0 Å². The van der Waals surface area contributed by atoms with Gasteiger partial charge >= 0.3 is 6.09 Å². The largest absolute Gasteiger partial charge is 0.481 e. The first kappa shape index (κ1) is 21.7. The van der Waals surface area contributed by atoms with Crippen LogP contribution >= 0.6 is 11.6 Å². The molecule has 6 nitrogen and oxygen atoms in total. The molecule has 1 heterocycles. The molecule has 0 saturated carbocycles. The third-order valence-electron chi connectivity index (χ3n) is 5.13. The Morgan fingerprint density at radius 2 is 1.84 bits per heavy atom. The lowest BCUT2D eigenvalue weighted by molar-refractivity contribution is -0.138. The summed E-state index contributed by atoms with van der Waals surface area (Å²) in [5.74, 6) is 0.514. The molecule has 1 atom stereocenters. The van der Waals surface area contributed by atoms with E-state index in [-0.39, 0.29) is 12.5 Å². The minimum absolute atomic E-state index is 0.104. The lowest BCUT2D eigenvalue weighted by Gasteiger charge is -2.22. The van der Waals surface area contributed by atoms with Gasteiger partial charge in [-0.25, -0.2) is 4.79 Å². The number of hydrogen-bond donors (Lipinski definition) is 1. The van der Waals surface area contributed by atoms with Gasteiger partial charge in [0.2, 0.25) is 0 Å². The maximum atomic E-state index is 12.9. The molecule has 1 aliphatic heterocycles. The van der Waals surface area contributed by atoms with Crippen molar-refractivity contribution in [1.29, 1.82) is 0 Å². The van der Waals surface area contributed by atoms with Crippen LogP contribution in [0, 0.1) is 0 Å². The number of rotatable bonds is 5. The van der Waals surface area contributed by atoms with Crippen molar-refractivity contribution in [2.24, 2.45) is 0 Å². The molecule has 0 radical (unpaired) electrons. The molecule has 3 aromatic rings. The minimum atomic E-state index is -0.613. The zero-order valence-corrected chi connectivity index (χ0v) is 18.3. The van der Waals surface area contributed by atoms with Gasteiger partial charge in [0, 0.05) is 29.4 Å². The van der Waals surface area contributed by atoms with Crippen LogP contribution in [0.15, 0.2) is 72.8 Å². The molecule has 0 aliphatic carbocycles. The third kappa shape index (κ3) is 5.39. The van der Waals surface area contributed by atoms with Crippen LogP contribution in [-0.2, 0) is 29.2 Å². The molecular formula is C25H23ClN2O4. The maximum absolute atomic E-state index is 12.9. The topological polar surface area (TPSA) is 67.9 Å². The fourth-order valence-electron chi connectivity index (χ4n) is 3.50. The van der Waals surface area contributed by atoms with Gasteiger partial charge in [-0.2, -0.15) is 0 Å². The van der Waals surface area contributed by atoms with E-state index in [1.165, 1.54) is 0 Å². The summed E-state index contributed by atoms with van der Waals surface area (Å²) < 4.78 is 11.2. The molecule has 0 bridgehead atoms. The van der Waals surface area contributed by atoms with Gasteiger partial charge in [0.15, 0.2) is 6.10 Å². The van der Waals surface area contributed by atoms with Gasteiger partial charge in [-0.3, -0.25) is 10.1 Å². The fraction of sp³-hybridized carbons (Fsp3) is 0.200. The molecule has 7 heteroatoms. The Bertz CT molecular complexity index is 1100. The highest BCUT2D eigenvalue weighted by Gasteiger charge is 2.28. The number of anilines is 1. The molecule has 1 N–H and O–H groups in total. The number of carbonyl (C=O) groups is 2. The van der Waals surface area contributed by atoms with E-state index in [1.807, 2.05) is 42.5 Å². The molecule has 2 amide bonds. The molecule has 0 fully saturated rings. The van der Waals surface area contributed by atoms with E-state index in [0.717, 1.165) is 16.7 Å². The van der Waals surface area contributed by atoms with Crippen LogP contribution in [0.5, 0.6) is 5.75 Å². The van der Waals surface area contributed by atoms with E-state index in [2.05, 4.69) is 5.32 Å². The summed E-state index contributed by atoms with van der Waals surface area (Å²) >= 11 is 5.97. The average Bonchev–Trinajstić information content (AvgIpc) is 2.91. The maximum Gasteiger partial charge on any atom is 0.411 e. The van der Waals surface area contributed by atoms with E-state index in [0.29, 0.717) is 29.5 Å². The number of ether oxygens (including phenoxy) is 2. The van der Waals surface area contributed by atoms with Gasteiger partial charge in [-0.05, 0) is 48.4 Å². The quantitative estimate of drug-likeness (QED) is 0.565. The van der Waals surface area contributed by atoms with Gasteiger partial charge in [-0.1, -0.05) is 54.1 Å². The van der Waals surface area contributed by atoms with Gasteiger partial charge in [0.25, 0.3) is 5.91 Å². The predicted molar refractivity (Wildman–Crippen MR) is 122 cm³/mol. The number of halogens is 1. The first-order valence-corrected chi connectivity index (χ1v) is 10.7. The van der Waals surface area contributed by atoms with Crippen LogP contribution in [0.25, 0.3) is 0 Å². The summed E-state index contributed by atoms with van der Waals surface area (Å²) in [7, 11) is 0. The smallest absolute Gasteiger partial charge is 0.411 e. The van der Waals surface area contributed by atoms with Crippen LogP contribution in [0.4, 0.5) is 10.5 Å². The van der Waals surface area contributed by atoms with Gasteiger partial charge in [0.05, 0.1) is 0 Å². The molecule has 0 aromatic heterocycles. The van der Waals surface area contributed by atoms with Crippen LogP contribution in [0.1, 0.15) is 23.6 Å². The van der Waals surface area contributed by atoms with Crippen molar-refractivity contribution >= 4 is 29.3 Å². The van der Waals surface area contributed by atoms with E-state index < -0.39 is 12.2 Å². The van der Waals surface area contributed by atoms with Gasteiger partial charge in [0.1, 0.15) is 12.4 Å². The van der Waals surface area contributed by atoms with Crippen LogP contribution in [-0.4, -0.2) is 23.0 Å². The first-order chi connectivity index (χ1) is 15.5. The second-order valence-corrected chi connectivity index (χ2v) is 8.03. The van der Waals surface area contributed by atoms with Crippen molar-refractivity contribution in [2.45, 2.75) is 32.7 Å². The van der Waals surface area contributed by atoms with Crippen LogP contribution < -0.4 is 10.1 Å². The molecule has 3 aromatic carbocycles. The molecule has 32 heavy (non-hydrogen) atoms. The highest BCUT2D eigenvalue weighted by molar-refractivity contribution is 6.30.